The van der Waals surface area contributed by atoms with Crippen LogP contribution in [0.3, 0.4) is 0 Å². The Morgan fingerprint density at radius 1 is 0.925 bits per heavy atom. The van der Waals surface area contributed by atoms with Crippen molar-refractivity contribution >= 4 is 39.3 Å². The predicted molar refractivity (Wildman–Crippen MR) is 153 cm³/mol. The molecule has 0 aromatic heterocycles. The fraction of sp³-hybridized carbons (Fsp3) is 0.379. The molecular weight excluding hydrogens is 534 g/mol. The lowest BCUT2D eigenvalue weighted by molar-refractivity contribution is -0.156. The highest BCUT2D eigenvalue weighted by atomic mass is 32.3. The van der Waals surface area contributed by atoms with Crippen molar-refractivity contribution in [2.24, 2.45) is 4.99 Å². The fourth-order valence-electron chi connectivity index (χ4n) is 4.62. The minimum Gasteiger partial charge on any atom is -0.379 e. The maximum absolute atomic E-state index is 12.8. The number of nitrogens with one attached hydrogen (secondary N) is 1. The van der Waals surface area contributed by atoms with Crippen molar-refractivity contribution in [1.82, 2.24) is 10.2 Å². The van der Waals surface area contributed by atoms with Gasteiger partial charge in [0, 0.05) is 19.0 Å². The van der Waals surface area contributed by atoms with Gasteiger partial charge in [0.1, 0.15) is 0 Å². The Bertz CT molecular complexity index is 1260. The third kappa shape index (κ3) is 6.61. The number of amidine groups is 1. The van der Waals surface area contributed by atoms with Gasteiger partial charge >= 0.3 is 11.9 Å². The first kappa shape index (κ1) is 29.5. The van der Waals surface area contributed by atoms with Crippen molar-refractivity contribution in [2.45, 2.75) is 51.7 Å². The molecule has 11 heteroatoms. The Hall–Kier alpha value is -3.51. The molecule has 2 aliphatic heterocycles. The fourth-order valence-corrected chi connectivity index (χ4v) is 7.23. The third-order valence-corrected chi connectivity index (χ3v) is 9.09. The first-order valence-electron chi connectivity index (χ1n) is 13.3. The van der Waals surface area contributed by atoms with Crippen LogP contribution in [0.25, 0.3) is 5.70 Å². The van der Waals surface area contributed by atoms with Crippen LogP contribution < -0.4 is 5.32 Å². The van der Waals surface area contributed by atoms with E-state index in [4.69, 9.17) is 8.37 Å². The lowest BCUT2D eigenvalue weighted by atomic mass is 10.1. The molecule has 2 aromatic rings. The van der Waals surface area contributed by atoms with E-state index in [9.17, 15) is 24.6 Å². The van der Waals surface area contributed by atoms with Crippen molar-refractivity contribution < 1.29 is 33.0 Å². The van der Waals surface area contributed by atoms with Gasteiger partial charge in [-0.3, -0.25) is 10.1 Å². The molecule has 2 atom stereocenters. The Kier molecular flexibility index (Phi) is 9.75. The van der Waals surface area contributed by atoms with E-state index in [1.807, 2.05) is 48.5 Å². The first-order chi connectivity index (χ1) is 19.2. The second-order valence-electron chi connectivity index (χ2n) is 9.61. The molecule has 2 aliphatic rings. The lowest BCUT2D eigenvalue weighted by Gasteiger charge is -2.39. The molecule has 10 nitrogen and oxygen atoms in total. The minimum atomic E-state index is -3.44. The van der Waals surface area contributed by atoms with Crippen molar-refractivity contribution in [1.29, 1.82) is 0 Å². The van der Waals surface area contributed by atoms with E-state index in [0.29, 0.717) is 35.6 Å². The Morgan fingerprint density at radius 2 is 1.52 bits per heavy atom. The molecular formula is C29H35N3O7S. The van der Waals surface area contributed by atoms with Crippen LogP contribution in [0, 0.1) is 0 Å². The Balaban J connectivity index is 1.66. The second kappa shape index (κ2) is 13.2. The summed E-state index contributed by atoms with van der Waals surface area (Å²) < 4.78 is 11.4. The highest BCUT2D eigenvalue weighted by molar-refractivity contribution is 8.42. The zero-order chi connectivity index (χ0) is 28.7. The molecule has 0 aliphatic carbocycles. The van der Waals surface area contributed by atoms with Gasteiger partial charge in [-0.15, -0.1) is 0 Å². The topological polar surface area (TPSA) is 138 Å². The average Bonchev–Trinajstić information content (AvgIpc) is 3.18. The van der Waals surface area contributed by atoms with E-state index in [1.165, 1.54) is 12.5 Å². The molecule has 1 fully saturated rings. The number of aliphatic hydroxyl groups is 2. The quantitative estimate of drug-likeness (QED) is 0.397. The molecule has 1 amide bonds. The molecule has 0 radical (unpaired) electrons. The van der Waals surface area contributed by atoms with Crippen LogP contribution in [0.5, 0.6) is 0 Å². The highest BCUT2D eigenvalue weighted by Crippen LogP contribution is 2.66. The number of nitrogens with zero attached hydrogens (tertiary/aromatic N) is 2. The number of allylic oxidation sites excluding steroid dienone is 1. The molecule has 214 valence electrons. The summed E-state index contributed by atoms with van der Waals surface area (Å²) in [5.41, 5.74) is 2.34. The second-order valence-corrected chi connectivity index (χ2v) is 11.8. The normalized spacial score (nSPS) is 24.3. The number of hydrogen-bond acceptors (Lipinski definition) is 9. The van der Waals surface area contributed by atoms with E-state index in [-0.39, 0.29) is 5.17 Å². The molecule has 1 saturated heterocycles. The van der Waals surface area contributed by atoms with Crippen LogP contribution in [-0.4, -0.2) is 70.0 Å². The summed E-state index contributed by atoms with van der Waals surface area (Å²) in [6, 6.07) is 19.4. The predicted octanol–water partition coefficient (Wildman–Crippen LogP) is 3.05. The van der Waals surface area contributed by atoms with E-state index in [2.05, 4.69) is 34.3 Å². The summed E-state index contributed by atoms with van der Waals surface area (Å²) in [5.74, 6) is -2.96. The summed E-state index contributed by atoms with van der Waals surface area (Å²) in [5, 5.41) is 22.8. The Labute approximate surface area is 235 Å². The number of rotatable bonds is 10. The molecule has 4 rings (SSSR count). The lowest BCUT2D eigenvalue weighted by Crippen LogP contribution is -2.38. The number of benzene rings is 2. The molecule has 2 aromatic carbocycles. The number of aliphatic imine (C=N–C) groups is 1. The SMILES string of the molecule is CCCN(CCCC1=C(c2ccccc2)N=C(NC(C)=O)S12OC(=O)C(O)C(O)C(=O)O2)CCc1ccccc1. The highest BCUT2D eigenvalue weighted by Gasteiger charge is 2.52. The monoisotopic (exact) mass is 569 g/mol. The van der Waals surface area contributed by atoms with Crippen LogP contribution >= 0.6 is 10.6 Å². The minimum absolute atomic E-state index is 0.133. The van der Waals surface area contributed by atoms with Gasteiger partial charge in [-0.1, -0.05) is 67.6 Å². The number of amides is 1. The van der Waals surface area contributed by atoms with Gasteiger partial charge in [0.2, 0.25) is 11.1 Å². The maximum Gasteiger partial charge on any atom is 0.361 e. The van der Waals surface area contributed by atoms with Crippen LogP contribution in [0.1, 0.15) is 44.2 Å². The summed E-state index contributed by atoms with van der Waals surface area (Å²) in [4.78, 5) is 45.1. The van der Waals surface area contributed by atoms with E-state index >= 15 is 0 Å². The molecule has 0 bridgehead atoms. The molecule has 3 N–H and O–H groups in total. The van der Waals surface area contributed by atoms with E-state index in [1.54, 1.807) is 0 Å². The maximum atomic E-state index is 12.8. The molecule has 40 heavy (non-hydrogen) atoms. The molecule has 2 heterocycles. The number of hydrogen-bond donors (Lipinski definition) is 3. The van der Waals surface area contributed by atoms with Crippen molar-refractivity contribution in [3.05, 3.63) is 76.7 Å². The van der Waals surface area contributed by atoms with Crippen LogP contribution in [-0.2, 0) is 29.2 Å². The van der Waals surface area contributed by atoms with E-state index in [0.717, 1.165) is 25.9 Å². The standard InChI is InChI=1S/C29H35N3O7S/c1-3-17-32(19-16-21-11-6-4-7-12-21)18-10-15-23-24(22-13-8-5-9-14-22)31-29(30-20(2)33)40(23)38-27(36)25(34)26(35)28(37)39-40/h4-9,11-14,25-26,34-35H,3,10,15-19H2,1-2H3,(H,30,31,33). The first-order valence-corrected chi connectivity index (χ1v) is 14.8. The van der Waals surface area contributed by atoms with Gasteiger partial charge in [0.25, 0.3) is 0 Å². The third-order valence-electron chi connectivity index (χ3n) is 6.55. The summed E-state index contributed by atoms with van der Waals surface area (Å²) in [7, 11) is -3.44. The number of aliphatic hydroxyl groups excluding tert-OH is 2. The van der Waals surface area contributed by atoms with Crippen LogP contribution in [0.4, 0.5) is 0 Å². The molecule has 1 spiro atoms. The number of carbonyl (C=O) groups excluding carboxylic acids is 3. The van der Waals surface area contributed by atoms with Gasteiger partial charge in [0.15, 0.2) is 12.2 Å². The summed E-state index contributed by atoms with van der Waals surface area (Å²) >= 11 is 0. The summed E-state index contributed by atoms with van der Waals surface area (Å²) in [6.07, 6.45) is -1.45. The van der Waals surface area contributed by atoms with Gasteiger partial charge in [-0.2, -0.15) is 0 Å². The van der Waals surface area contributed by atoms with Gasteiger partial charge < -0.3 is 23.5 Å². The Morgan fingerprint density at radius 3 is 2.10 bits per heavy atom. The largest absolute Gasteiger partial charge is 0.379 e. The van der Waals surface area contributed by atoms with Gasteiger partial charge in [0.05, 0.1) is 10.6 Å². The van der Waals surface area contributed by atoms with Crippen LogP contribution in [0.15, 0.2) is 70.6 Å². The smallest absolute Gasteiger partial charge is 0.361 e. The van der Waals surface area contributed by atoms with Crippen molar-refractivity contribution in [3.8, 4) is 0 Å². The van der Waals surface area contributed by atoms with Crippen LogP contribution in [0.2, 0.25) is 0 Å². The van der Waals surface area contributed by atoms with Crippen molar-refractivity contribution in [3.63, 3.8) is 0 Å². The number of carbonyl (C=O) groups is 3. The average molecular weight is 570 g/mol. The van der Waals surface area contributed by atoms with Crippen molar-refractivity contribution in [2.75, 3.05) is 19.6 Å². The van der Waals surface area contributed by atoms with Gasteiger partial charge in [-0.05, 0) is 54.9 Å². The zero-order valence-electron chi connectivity index (χ0n) is 22.6. The zero-order valence-corrected chi connectivity index (χ0v) is 23.4. The summed E-state index contributed by atoms with van der Waals surface area (Å²) in [6.45, 7) is 5.84. The molecule has 0 saturated carbocycles. The molecule has 2 unspecified atom stereocenters. The van der Waals surface area contributed by atoms with Gasteiger partial charge in [-0.25, -0.2) is 14.6 Å². The van der Waals surface area contributed by atoms with E-state index < -0.39 is 40.6 Å².